The summed E-state index contributed by atoms with van der Waals surface area (Å²) < 4.78 is 4.98. The molecule has 0 aliphatic carbocycles. The van der Waals surface area contributed by atoms with Crippen molar-refractivity contribution in [3.05, 3.63) is 23.9 Å². The quantitative estimate of drug-likeness (QED) is 0.734. The fourth-order valence-electron chi connectivity index (χ4n) is 1.29. The Morgan fingerprint density at radius 2 is 2.29 bits per heavy atom. The molecule has 4 heteroatoms. The Bertz CT molecular complexity index is 488. The molecule has 2 aromatic rings. The van der Waals surface area contributed by atoms with Gasteiger partial charge in [-0.1, -0.05) is 0 Å². The number of rotatable bonds is 2. The molecule has 0 unspecified atom stereocenters. The zero-order valence-electron chi connectivity index (χ0n) is 8.00. The van der Waals surface area contributed by atoms with E-state index in [0.29, 0.717) is 17.2 Å². The fraction of sp³-hybridized carbons (Fsp3) is 0.200. The van der Waals surface area contributed by atoms with Crippen LogP contribution in [0.5, 0.6) is 5.88 Å². The van der Waals surface area contributed by atoms with Gasteiger partial charge in [-0.05, 0) is 12.1 Å². The molecule has 0 radical (unpaired) electrons. The second-order valence-electron chi connectivity index (χ2n) is 3.03. The highest BCUT2D eigenvalue weighted by atomic mass is 16.5. The Hall–Kier alpha value is -1.84. The maximum atomic E-state index is 11.1. The number of Topliss-reactive ketones (excluding diaryl/α,β-unsaturated/α-hetero) is 1. The van der Waals surface area contributed by atoms with E-state index in [1.165, 1.54) is 6.92 Å². The summed E-state index contributed by atoms with van der Waals surface area (Å²) in [6, 6.07) is 5.41. The number of fused-ring (bicyclic) bond motifs is 1. The summed E-state index contributed by atoms with van der Waals surface area (Å²) in [5.41, 5.74) is 1.25. The topological polar surface area (TPSA) is 55.0 Å². The summed E-state index contributed by atoms with van der Waals surface area (Å²) in [5, 5.41) is 0.913. The van der Waals surface area contributed by atoms with E-state index < -0.39 is 0 Å². The number of pyridine rings is 1. The minimum absolute atomic E-state index is 0.00182. The van der Waals surface area contributed by atoms with Crippen LogP contribution in [0.15, 0.2) is 18.2 Å². The van der Waals surface area contributed by atoms with Crippen molar-refractivity contribution < 1.29 is 9.53 Å². The van der Waals surface area contributed by atoms with E-state index >= 15 is 0 Å². The highest BCUT2D eigenvalue weighted by molar-refractivity contribution is 5.97. The van der Waals surface area contributed by atoms with Gasteiger partial charge in [-0.25, -0.2) is 0 Å². The highest BCUT2D eigenvalue weighted by Gasteiger charge is 2.06. The molecule has 0 aliphatic heterocycles. The van der Waals surface area contributed by atoms with Crippen LogP contribution in [0.3, 0.4) is 0 Å². The number of methoxy groups -OCH3 is 1. The number of ketones is 1. The summed E-state index contributed by atoms with van der Waals surface area (Å²) >= 11 is 0. The van der Waals surface area contributed by atoms with E-state index in [1.54, 1.807) is 19.2 Å². The van der Waals surface area contributed by atoms with Crippen molar-refractivity contribution in [3.63, 3.8) is 0 Å². The third kappa shape index (κ3) is 1.35. The van der Waals surface area contributed by atoms with Crippen molar-refractivity contribution in [3.8, 4) is 5.88 Å². The second-order valence-corrected chi connectivity index (χ2v) is 3.03. The van der Waals surface area contributed by atoms with Crippen LogP contribution in [0.2, 0.25) is 0 Å². The summed E-state index contributed by atoms with van der Waals surface area (Å²) in [6.45, 7) is 1.52. The second kappa shape index (κ2) is 3.14. The van der Waals surface area contributed by atoms with E-state index in [9.17, 15) is 4.79 Å². The van der Waals surface area contributed by atoms with Gasteiger partial charge >= 0.3 is 0 Å². The molecule has 0 aromatic carbocycles. The molecule has 0 aliphatic rings. The molecular weight excluding hydrogens is 180 g/mol. The lowest BCUT2D eigenvalue weighted by molar-refractivity contribution is 0.101. The van der Waals surface area contributed by atoms with Crippen molar-refractivity contribution in [2.45, 2.75) is 6.92 Å². The molecule has 0 saturated heterocycles. The largest absolute Gasteiger partial charge is 0.481 e. The Morgan fingerprint density at radius 3 is 2.93 bits per heavy atom. The van der Waals surface area contributed by atoms with Gasteiger partial charge in [0, 0.05) is 18.4 Å². The number of carbonyl (C=O) groups excluding carboxylic acids is 1. The predicted molar refractivity (Wildman–Crippen MR) is 52.7 cm³/mol. The Kier molecular flexibility index (Phi) is 1.96. The van der Waals surface area contributed by atoms with E-state index in [1.807, 2.05) is 6.07 Å². The first-order valence-corrected chi connectivity index (χ1v) is 4.25. The van der Waals surface area contributed by atoms with Gasteiger partial charge in [0.05, 0.1) is 12.8 Å². The van der Waals surface area contributed by atoms with Gasteiger partial charge in [-0.3, -0.25) is 4.79 Å². The van der Waals surface area contributed by atoms with Gasteiger partial charge in [0.15, 0.2) is 5.78 Å². The Labute approximate surface area is 80.9 Å². The van der Waals surface area contributed by atoms with Gasteiger partial charge in [0.2, 0.25) is 5.88 Å². The van der Waals surface area contributed by atoms with E-state index in [2.05, 4.69) is 9.97 Å². The first kappa shape index (κ1) is 8.74. The molecule has 2 heterocycles. The minimum Gasteiger partial charge on any atom is -0.481 e. The smallest absolute Gasteiger partial charge is 0.214 e. The van der Waals surface area contributed by atoms with Crippen LogP contribution >= 0.6 is 0 Å². The zero-order valence-corrected chi connectivity index (χ0v) is 8.00. The number of ether oxygens (including phenoxy) is 1. The van der Waals surface area contributed by atoms with Crippen molar-refractivity contribution in [2.24, 2.45) is 0 Å². The van der Waals surface area contributed by atoms with Gasteiger partial charge in [0.1, 0.15) is 5.65 Å². The third-order valence-electron chi connectivity index (χ3n) is 2.04. The summed E-state index contributed by atoms with van der Waals surface area (Å²) in [4.78, 5) is 18.2. The SMILES string of the molecule is COc1ccc2cc(C(C)=O)[nH]c2n1. The number of carbonyl (C=O) groups is 1. The Morgan fingerprint density at radius 1 is 1.50 bits per heavy atom. The van der Waals surface area contributed by atoms with Crippen molar-refractivity contribution >= 4 is 16.8 Å². The molecule has 14 heavy (non-hydrogen) atoms. The molecule has 2 aromatic heterocycles. The van der Waals surface area contributed by atoms with Crippen LogP contribution in [0.25, 0.3) is 11.0 Å². The molecule has 2 rings (SSSR count). The van der Waals surface area contributed by atoms with Gasteiger partial charge in [-0.15, -0.1) is 0 Å². The molecule has 0 bridgehead atoms. The molecule has 1 N–H and O–H groups in total. The average molecular weight is 190 g/mol. The number of hydrogen-bond acceptors (Lipinski definition) is 3. The van der Waals surface area contributed by atoms with Gasteiger partial charge in [0.25, 0.3) is 0 Å². The van der Waals surface area contributed by atoms with Crippen LogP contribution < -0.4 is 4.74 Å². The highest BCUT2D eigenvalue weighted by Crippen LogP contribution is 2.17. The van der Waals surface area contributed by atoms with Crippen LogP contribution in [-0.4, -0.2) is 22.9 Å². The summed E-state index contributed by atoms with van der Waals surface area (Å²) in [7, 11) is 1.56. The van der Waals surface area contributed by atoms with Crippen LogP contribution in [-0.2, 0) is 0 Å². The van der Waals surface area contributed by atoms with E-state index in [-0.39, 0.29) is 5.78 Å². The van der Waals surface area contributed by atoms with Crippen molar-refractivity contribution in [2.75, 3.05) is 7.11 Å². The van der Waals surface area contributed by atoms with Gasteiger partial charge in [-0.2, -0.15) is 4.98 Å². The van der Waals surface area contributed by atoms with Crippen molar-refractivity contribution in [1.82, 2.24) is 9.97 Å². The lowest BCUT2D eigenvalue weighted by Crippen LogP contribution is -1.91. The number of nitrogens with one attached hydrogen (secondary N) is 1. The number of H-pyrrole nitrogens is 1. The molecule has 4 nitrogen and oxygen atoms in total. The number of hydrogen-bond donors (Lipinski definition) is 1. The predicted octanol–water partition coefficient (Wildman–Crippen LogP) is 1.77. The number of nitrogens with zero attached hydrogens (tertiary/aromatic N) is 1. The molecule has 72 valence electrons. The molecule has 0 spiro atoms. The van der Waals surface area contributed by atoms with E-state index in [4.69, 9.17) is 4.74 Å². The van der Waals surface area contributed by atoms with Gasteiger partial charge < -0.3 is 9.72 Å². The molecule has 0 saturated carbocycles. The monoisotopic (exact) mass is 190 g/mol. The molecular formula is C10H10N2O2. The standard InChI is InChI=1S/C10H10N2O2/c1-6(13)8-5-7-3-4-9(14-2)12-10(7)11-8/h3-5H,1-2H3,(H,11,12). The fourth-order valence-corrected chi connectivity index (χ4v) is 1.29. The molecule has 0 amide bonds. The molecule has 0 atom stereocenters. The van der Waals surface area contributed by atoms with Crippen molar-refractivity contribution in [1.29, 1.82) is 0 Å². The summed E-state index contributed by atoms with van der Waals surface area (Å²) in [6.07, 6.45) is 0. The average Bonchev–Trinajstić information content (AvgIpc) is 2.59. The van der Waals surface area contributed by atoms with E-state index in [0.717, 1.165) is 5.39 Å². The Balaban J connectivity index is 2.60. The summed E-state index contributed by atoms with van der Waals surface area (Å²) in [5.74, 6) is 0.538. The third-order valence-corrected chi connectivity index (χ3v) is 2.04. The zero-order chi connectivity index (χ0) is 10.1. The molecule has 0 fully saturated rings. The number of aromatic nitrogens is 2. The first-order valence-electron chi connectivity index (χ1n) is 4.25. The van der Waals surface area contributed by atoms with Crippen LogP contribution in [0.4, 0.5) is 0 Å². The normalized spacial score (nSPS) is 10.4. The lowest BCUT2D eigenvalue weighted by atomic mass is 10.3. The van der Waals surface area contributed by atoms with Crippen LogP contribution in [0.1, 0.15) is 17.4 Å². The minimum atomic E-state index is 0.00182. The maximum absolute atomic E-state index is 11.1. The first-order chi connectivity index (χ1) is 6.70. The van der Waals surface area contributed by atoms with Crippen LogP contribution in [0, 0.1) is 0 Å². The maximum Gasteiger partial charge on any atom is 0.214 e. The lowest BCUT2D eigenvalue weighted by Gasteiger charge is -1.96. The number of aromatic amines is 1.